The van der Waals surface area contributed by atoms with Gasteiger partial charge in [0.1, 0.15) is 0 Å². The third-order valence-electron chi connectivity index (χ3n) is 1.78. The zero-order valence-corrected chi connectivity index (χ0v) is 6.39. The number of methoxy groups -OCH3 is 1. The van der Waals surface area contributed by atoms with E-state index in [0.717, 1.165) is 18.4 Å². The van der Waals surface area contributed by atoms with Crippen LogP contribution in [0.2, 0.25) is 0 Å². The molecule has 0 amide bonds. The minimum atomic E-state index is -0.163. The third kappa shape index (κ3) is 1.38. The second kappa shape index (κ2) is 2.86. The van der Waals surface area contributed by atoms with Crippen molar-refractivity contribution in [3.63, 3.8) is 0 Å². The lowest BCUT2D eigenvalue weighted by Crippen LogP contribution is -2.03. The maximum atomic E-state index is 10.9. The summed E-state index contributed by atoms with van der Waals surface area (Å²) < 4.78 is 4.58. The Balaban J connectivity index is 2.51. The van der Waals surface area contributed by atoms with Gasteiger partial charge in [0, 0.05) is 5.57 Å². The number of carbonyl (C=O) groups excluding carboxylic acids is 1. The maximum absolute atomic E-state index is 10.9. The quantitative estimate of drug-likeness (QED) is 0.516. The Hall–Kier alpha value is -0.790. The van der Waals surface area contributed by atoms with E-state index in [4.69, 9.17) is 0 Å². The first-order valence-electron chi connectivity index (χ1n) is 3.51. The van der Waals surface area contributed by atoms with Crippen LogP contribution >= 0.6 is 0 Å². The van der Waals surface area contributed by atoms with Gasteiger partial charge in [0.2, 0.25) is 0 Å². The summed E-state index contributed by atoms with van der Waals surface area (Å²) in [5.74, 6) is 0.457. The van der Waals surface area contributed by atoms with Gasteiger partial charge in [-0.1, -0.05) is 13.0 Å². The Kier molecular flexibility index (Phi) is 2.10. The predicted molar refractivity (Wildman–Crippen MR) is 38.5 cm³/mol. The van der Waals surface area contributed by atoms with Gasteiger partial charge >= 0.3 is 5.97 Å². The molecule has 1 aliphatic carbocycles. The van der Waals surface area contributed by atoms with Crippen LogP contribution in [0.5, 0.6) is 0 Å². The lowest BCUT2D eigenvalue weighted by Gasteiger charge is -2.00. The van der Waals surface area contributed by atoms with Gasteiger partial charge in [-0.15, -0.1) is 0 Å². The van der Waals surface area contributed by atoms with Crippen molar-refractivity contribution in [1.29, 1.82) is 0 Å². The first-order valence-corrected chi connectivity index (χ1v) is 3.51. The van der Waals surface area contributed by atoms with Gasteiger partial charge in [-0.05, 0) is 18.8 Å². The second-order valence-electron chi connectivity index (χ2n) is 2.77. The first kappa shape index (κ1) is 7.32. The smallest absolute Gasteiger partial charge is 0.333 e. The van der Waals surface area contributed by atoms with Crippen molar-refractivity contribution in [2.75, 3.05) is 7.11 Å². The molecule has 2 nitrogen and oxygen atoms in total. The molecule has 0 saturated heterocycles. The normalized spacial score (nSPS) is 24.2. The molecule has 0 radical (unpaired) electrons. The summed E-state index contributed by atoms with van der Waals surface area (Å²) in [5.41, 5.74) is 0.843. The number of ether oxygens (including phenoxy) is 1. The molecule has 0 fully saturated rings. The van der Waals surface area contributed by atoms with Crippen molar-refractivity contribution >= 4 is 5.97 Å². The van der Waals surface area contributed by atoms with E-state index in [1.165, 1.54) is 7.11 Å². The summed E-state index contributed by atoms with van der Waals surface area (Å²) in [5, 5.41) is 0. The van der Waals surface area contributed by atoms with Gasteiger partial charge in [0.25, 0.3) is 0 Å². The fourth-order valence-corrected chi connectivity index (χ4v) is 1.18. The molecule has 0 saturated carbocycles. The monoisotopic (exact) mass is 140 g/mol. The Morgan fingerprint density at radius 1 is 1.80 bits per heavy atom. The molecule has 0 aliphatic heterocycles. The SMILES string of the molecule is COC(=O)C1=CC[C@H](C)C1. The Labute approximate surface area is 60.9 Å². The predicted octanol–water partition coefficient (Wildman–Crippen LogP) is 1.52. The Bertz CT molecular complexity index is 170. The Morgan fingerprint density at radius 2 is 2.50 bits per heavy atom. The molecule has 0 unspecified atom stereocenters. The number of rotatable bonds is 1. The molecule has 0 spiro atoms. The number of hydrogen-bond donors (Lipinski definition) is 0. The fraction of sp³-hybridized carbons (Fsp3) is 0.625. The van der Waals surface area contributed by atoms with Crippen molar-refractivity contribution in [2.24, 2.45) is 5.92 Å². The van der Waals surface area contributed by atoms with Gasteiger partial charge < -0.3 is 4.74 Å². The molecule has 10 heavy (non-hydrogen) atoms. The highest BCUT2D eigenvalue weighted by molar-refractivity contribution is 5.88. The minimum Gasteiger partial charge on any atom is -0.466 e. The van der Waals surface area contributed by atoms with Crippen molar-refractivity contribution in [2.45, 2.75) is 19.8 Å². The van der Waals surface area contributed by atoms with Crippen LogP contribution < -0.4 is 0 Å². The second-order valence-corrected chi connectivity index (χ2v) is 2.77. The topological polar surface area (TPSA) is 26.3 Å². The Morgan fingerprint density at radius 3 is 2.90 bits per heavy atom. The highest BCUT2D eigenvalue weighted by atomic mass is 16.5. The average Bonchev–Trinajstić information content (AvgIpc) is 2.34. The van der Waals surface area contributed by atoms with Crippen LogP contribution in [-0.4, -0.2) is 13.1 Å². The molecular weight excluding hydrogens is 128 g/mol. The van der Waals surface area contributed by atoms with Crippen LogP contribution in [0.4, 0.5) is 0 Å². The summed E-state index contributed by atoms with van der Waals surface area (Å²) >= 11 is 0. The molecule has 0 aromatic heterocycles. The van der Waals surface area contributed by atoms with Gasteiger partial charge in [-0.3, -0.25) is 0 Å². The van der Waals surface area contributed by atoms with Gasteiger partial charge in [-0.2, -0.15) is 0 Å². The summed E-state index contributed by atoms with van der Waals surface area (Å²) in [6, 6.07) is 0. The number of esters is 1. The van der Waals surface area contributed by atoms with Crippen molar-refractivity contribution < 1.29 is 9.53 Å². The zero-order chi connectivity index (χ0) is 7.56. The molecule has 1 aliphatic rings. The standard InChI is InChI=1S/C8H12O2/c1-6-3-4-7(5-6)8(9)10-2/h4,6H,3,5H2,1-2H3/t6-/m0/s1. The first-order chi connectivity index (χ1) is 4.74. The van der Waals surface area contributed by atoms with Crippen molar-refractivity contribution in [3.8, 4) is 0 Å². The van der Waals surface area contributed by atoms with Gasteiger partial charge in [-0.25, -0.2) is 4.79 Å². The molecule has 0 heterocycles. The van der Waals surface area contributed by atoms with Crippen molar-refractivity contribution in [3.05, 3.63) is 11.6 Å². The lowest BCUT2D eigenvalue weighted by atomic mass is 10.1. The fourth-order valence-electron chi connectivity index (χ4n) is 1.18. The molecule has 56 valence electrons. The molecule has 0 aromatic rings. The summed E-state index contributed by atoms with van der Waals surface area (Å²) in [6.07, 6.45) is 3.87. The number of allylic oxidation sites excluding steroid dienone is 1. The van der Waals surface area contributed by atoms with E-state index in [0.29, 0.717) is 5.92 Å². The number of carbonyl (C=O) groups is 1. The molecule has 0 aromatic carbocycles. The van der Waals surface area contributed by atoms with Crippen molar-refractivity contribution in [1.82, 2.24) is 0 Å². The number of hydrogen-bond acceptors (Lipinski definition) is 2. The largest absolute Gasteiger partial charge is 0.466 e. The zero-order valence-electron chi connectivity index (χ0n) is 6.39. The highest BCUT2D eigenvalue weighted by Crippen LogP contribution is 2.24. The molecule has 1 atom stereocenters. The van der Waals surface area contributed by atoms with E-state index in [9.17, 15) is 4.79 Å². The van der Waals surface area contributed by atoms with Crippen LogP contribution in [-0.2, 0) is 9.53 Å². The van der Waals surface area contributed by atoms with E-state index < -0.39 is 0 Å². The van der Waals surface area contributed by atoms with E-state index in [1.54, 1.807) is 0 Å². The van der Waals surface area contributed by atoms with Crippen LogP contribution in [0.15, 0.2) is 11.6 Å². The van der Waals surface area contributed by atoms with Crippen LogP contribution in [0.3, 0.4) is 0 Å². The lowest BCUT2D eigenvalue weighted by molar-refractivity contribution is -0.136. The van der Waals surface area contributed by atoms with Crippen LogP contribution in [0.25, 0.3) is 0 Å². The molecule has 2 heteroatoms. The summed E-state index contributed by atoms with van der Waals surface area (Å²) in [7, 11) is 1.42. The molecule has 1 rings (SSSR count). The molecule has 0 N–H and O–H groups in total. The average molecular weight is 140 g/mol. The maximum Gasteiger partial charge on any atom is 0.333 e. The van der Waals surface area contributed by atoms with Crippen LogP contribution in [0, 0.1) is 5.92 Å². The summed E-state index contributed by atoms with van der Waals surface area (Å²) in [6.45, 7) is 2.13. The third-order valence-corrected chi connectivity index (χ3v) is 1.78. The van der Waals surface area contributed by atoms with E-state index in [1.807, 2.05) is 6.08 Å². The summed E-state index contributed by atoms with van der Waals surface area (Å²) in [4.78, 5) is 10.9. The van der Waals surface area contributed by atoms with E-state index >= 15 is 0 Å². The van der Waals surface area contributed by atoms with Gasteiger partial charge in [0.05, 0.1) is 7.11 Å². The molecular formula is C8H12O2. The highest BCUT2D eigenvalue weighted by Gasteiger charge is 2.18. The van der Waals surface area contributed by atoms with E-state index in [-0.39, 0.29) is 5.97 Å². The minimum absolute atomic E-state index is 0.163. The van der Waals surface area contributed by atoms with Gasteiger partial charge in [0.15, 0.2) is 0 Å². The van der Waals surface area contributed by atoms with Crippen LogP contribution in [0.1, 0.15) is 19.8 Å². The van der Waals surface area contributed by atoms with E-state index in [2.05, 4.69) is 11.7 Å². The molecule has 0 bridgehead atoms.